The minimum absolute atomic E-state index is 0.0289. The van der Waals surface area contributed by atoms with Gasteiger partial charge in [0.25, 0.3) is 0 Å². The monoisotopic (exact) mass is 230 g/mol. The van der Waals surface area contributed by atoms with E-state index in [-0.39, 0.29) is 5.56 Å². The highest BCUT2D eigenvalue weighted by Gasteiger charge is 2.29. The van der Waals surface area contributed by atoms with Crippen molar-refractivity contribution in [1.82, 2.24) is 0 Å². The summed E-state index contributed by atoms with van der Waals surface area (Å²) in [6, 6.07) is 4.10. The van der Waals surface area contributed by atoms with Gasteiger partial charge in [-0.25, -0.2) is 4.39 Å². The molecule has 0 aliphatic rings. The molecule has 0 fully saturated rings. The first-order chi connectivity index (χ1) is 7.18. The van der Waals surface area contributed by atoms with Gasteiger partial charge in [0.1, 0.15) is 5.82 Å². The van der Waals surface area contributed by atoms with Crippen LogP contribution in [0.1, 0.15) is 19.4 Å². The van der Waals surface area contributed by atoms with Gasteiger partial charge in [0.15, 0.2) is 0 Å². The first-order valence-corrected chi connectivity index (χ1v) is 4.59. The molecule has 6 heteroatoms. The molecule has 0 unspecified atom stereocenters. The minimum atomic E-state index is -5.21. The molecule has 1 aromatic carbocycles. The number of hydrogen-bond acceptors (Lipinski definition) is 1. The van der Waals surface area contributed by atoms with E-state index in [0.717, 1.165) is 12.1 Å². The summed E-state index contributed by atoms with van der Waals surface area (Å²) in [5.74, 6) is -0.997. The molecule has 0 aromatic heterocycles. The molecule has 0 saturated carbocycles. The molecule has 0 spiro atoms. The number of benzene rings is 1. The first kappa shape index (κ1) is 12.6. The van der Waals surface area contributed by atoms with Crippen molar-refractivity contribution in [1.29, 1.82) is 5.26 Å². The minimum Gasteiger partial charge on any atom is -0.445 e. The van der Waals surface area contributed by atoms with Gasteiger partial charge in [-0.2, -0.15) is 5.26 Å². The lowest BCUT2D eigenvalue weighted by Crippen LogP contribution is -2.35. The van der Waals surface area contributed by atoms with Crippen molar-refractivity contribution in [2.24, 2.45) is 0 Å². The van der Waals surface area contributed by atoms with E-state index in [0.29, 0.717) is 6.07 Å². The summed E-state index contributed by atoms with van der Waals surface area (Å²) < 4.78 is 50.3. The SMILES string of the molecule is CC(C)(C#N)c1ccc([B-](F)(F)F)cc1F. The second kappa shape index (κ2) is 3.82. The molecule has 86 valence electrons. The van der Waals surface area contributed by atoms with Crippen molar-refractivity contribution in [3.63, 3.8) is 0 Å². The second-order valence-electron chi connectivity index (χ2n) is 4.05. The first-order valence-electron chi connectivity index (χ1n) is 4.59. The Morgan fingerprint density at radius 1 is 1.25 bits per heavy atom. The zero-order chi connectivity index (χ0) is 12.6. The summed E-state index contributed by atoms with van der Waals surface area (Å²) in [5.41, 5.74) is -2.16. The maximum Gasteiger partial charge on any atom is 0.509 e. The van der Waals surface area contributed by atoms with Crippen molar-refractivity contribution >= 4 is 12.4 Å². The maximum atomic E-state index is 13.4. The van der Waals surface area contributed by atoms with E-state index in [1.54, 1.807) is 0 Å². The molecule has 0 N–H and O–H groups in total. The Labute approximate surface area is 90.8 Å². The molecule has 0 amide bonds. The van der Waals surface area contributed by atoms with Gasteiger partial charge in [-0.05, 0) is 13.8 Å². The van der Waals surface area contributed by atoms with Crippen LogP contribution in [-0.2, 0) is 5.41 Å². The van der Waals surface area contributed by atoms with Crippen molar-refractivity contribution in [2.75, 3.05) is 0 Å². The van der Waals surface area contributed by atoms with Gasteiger partial charge in [-0.15, -0.1) is 5.46 Å². The highest BCUT2D eigenvalue weighted by molar-refractivity contribution is 6.73. The molecule has 16 heavy (non-hydrogen) atoms. The van der Waals surface area contributed by atoms with Gasteiger partial charge in [-0.3, -0.25) is 0 Å². The topological polar surface area (TPSA) is 23.8 Å². The Kier molecular flexibility index (Phi) is 3.00. The smallest absolute Gasteiger partial charge is 0.445 e. The number of rotatable bonds is 2. The predicted octanol–water partition coefficient (Wildman–Crippen LogP) is 2.68. The molecular formula is C10H9BF4N-. The highest BCUT2D eigenvalue weighted by Crippen LogP contribution is 2.25. The Hall–Kier alpha value is -1.51. The van der Waals surface area contributed by atoms with Gasteiger partial charge >= 0.3 is 6.98 Å². The molecule has 0 radical (unpaired) electrons. The van der Waals surface area contributed by atoms with Crippen LogP contribution in [0.2, 0.25) is 0 Å². The van der Waals surface area contributed by atoms with E-state index in [1.807, 2.05) is 6.07 Å². The molecular weight excluding hydrogens is 221 g/mol. The number of hydrogen-bond donors (Lipinski definition) is 0. The molecule has 0 saturated heterocycles. The molecule has 1 nitrogen and oxygen atoms in total. The van der Waals surface area contributed by atoms with Crippen LogP contribution in [0, 0.1) is 17.1 Å². The standard InChI is InChI=1S/C10H9BF4N/c1-10(2,6-16)8-4-3-7(5-9(8)12)11(13,14)15/h3-5H,1-2H3/q-1. The second-order valence-corrected chi connectivity index (χ2v) is 4.05. The van der Waals surface area contributed by atoms with Gasteiger partial charge in [0.05, 0.1) is 11.5 Å². The Morgan fingerprint density at radius 3 is 2.19 bits per heavy atom. The zero-order valence-corrected chi connectivity index (χ0v) is 8.77. The molecule has 1 aromatic rings. The van der Waals surface area contributed by atoms with Crippen LogP contribution in [0.3, 0.4) is 0 Å². The summed E-state index contributed by atoms with van der Waals surface area (Å²) in [6.07, 6.45) is 0. The Morgan fingerprint density at radius 2 is 1.81 bits per heavy atom. The summed E-state index contributed by atoms with van der Waals surface area (Å²) in [6.45, 7) is -2.31. The molecule has 0 aliphatic carbocycles. The lowest BCUT2D eigenvalue weighted by Gasteiger charge is -2.20. The summed E-state index contributed by atoms with van der Waals surface area (Å²) in [4.78, 5) is 0. The molecule has 0 aliphatic heterocycles. The van der Waals surface area contributed by atoms with E-state index in [1.165, 1.54) is 13.8 Å². The van der Waals surface area contributed by atoms with Gasteiger partial charge in [0, 0.05) is 5.56 Å². The Bertz CT molecular complexity index is 445. The van der Waals surface area contributed by atoms with E-state index in [4.69, 9.17) is 5.26 Å². The van der Waals surface area contributed by atoms with E-state index in [9.17, 15) is 17.3 Å². The average Bonchev–Trinajstić information content (AvgIpc) is 2.16. The van der Waals surface area contributed by atoms with Gasteiger partial charge < -0.3 is 12.9 Å². The van der Waals surface area contributed by atoms with Crippen molar-refractivity contribution in [3.05, 3.63) is 29.6 Å². The van der Waals surface area contributed by atoms with Crippen LogP contribution >= 0.6 is 0 Å². The fourth-order valence-corrected chi connectivity index (χ4v) is 1.30. The molecule has 1 rings (SSSR count). The third-order valence-electron chi connectivity index (χ3n) is 2.32. The van der Waals surface area contributed by atoms with Crippen LogP contribution < -0.4 is 5.46 Å². The van der Waals surface area contributed by atoms with Crippen molar-refractivity contribution in [3.8, 4) is 6.07 Å². The fourth-order valence-electron chi connectivity index (χ4n) is 1.30. The van der Waals surface area contributed by atoms with E-state index >= 15 is 0 Å². The normalized spacial score (nSPS) is 12.3. The van der Waals surface area contributed by atoms with Crippen LogP contribution in [0.4, 0.5) is 17.3 Å². The van der Waals surface area contributed by atoms with Crippen LogP contribution in [-0.4, -0.2) is 6.98 Å². The van der Waals surface area contributed by atoms with E-state index in [2.05, 4.69) is 0 Å². The van der Waals surface area contributed by atoms with Crippen LogP contribution in [0.25, 0.3) is 0 Å². The number of nitriles is 1. The third kappa shape index (κ3) is 2.35. The maximum absolute atomic E-state index is 13.4. The average molecular weight is 230 g/mol. The van der Waals surface area contributed by atoms with Crippen molar-refractivity contribution < 1.29 is 17.3 Å². The lowest BCUT2D eigenvalue weighted by atomic mass is 9.77. The van der Waals surface area contributed by atoms with E-state index < -0.39 is 23.7 Å². The summed E-state index contributed by atoms with van der Waals surface area (Å²) >= 11 is 0. The zero-order valence-electron chi connectivity index (χ0n) is 8.77. The quantitative estimate of drug-likeness (QED) is 0.565. The lowest BCUT2D eigenvalue weighted by molar-refractivity contribution is 0.499. The predicted molar refractivity (Wildman–Crippen MR) is 53.8 cm³/mol. The Balaban J connectivity index is 3.27. The molecule has 0 heterocycles. The molecule has 0 bridgehead atoms. The number of halogens is 4. The summed E-state index contributed by atoms with van der Waals surface area (Å²) in [7, 11) is 0. The van der Waals surface area contributed by atoms with Gasteiger partial charge in [0.2, 0.25) is 0 Å². The van der Waals surface area contributed by atoms with Crippen LogP contribution in [0.15, 0.2) is 18.2 Å². The molecule has 0 atom stereocenters. The highest BCUT2D eigenvalue weighted by atomic mass is 19.4. The van der Waals surface area contributed by atoms with Crippen molar-refractivity contribution in [2.45, 2.75) is 19.3 Å². The third-order valence-corrected chi connectivity index (χ3v) is 2.32. The number of nitrogens with zero attached hydrogens (tertiary/aromatic N) is 1. The van der Waals surface area contributed by atoms with Crippen LogP contribution in [0.5, 0.6) is 0 Å². The van der Waals surface area contributed by atoms with Gasteiger partial charge in [-0.1, -0.05) is 18.2 Å². The summed E-state index contributed by atoms with van der Waals surface area (Å²) in [5, 5.41) is 8.77. The largest absolute Gasteiger partial charge is 0.509 e. The fraction of sp³-hybridized carbons (Fsp3) is 0.300.